The predicted molar refractivity (Wildman–Crippen MR) is 158 cm³/mol. The Morgan fingerprint density at radius 2 is 1.42 bits per heavy atom. The minimum atomic E-state index is -0.412. The van der Waals surface area contributed by atoms with Gasteiger partial charge in [0.25, 0.3) is 0 Å². The van der Waals surface area contributed by atoms with Crippen molar-refractivity contribution in [1.29, 1.82) is 0 Å². The normalized spacial score (nSPS) is 14.4. The number of hydrogen-bond acceptors (Lipinski definition) is 3. The highest BCUT2D eigenvalue weighted by atomic mass is 16.3. The van der Waals surface area contributed by atoms with E-state index in [1.807, 2.05) is 30.3 Å². The number of nitrogens with two attached hydrogens (primary N) is 1. The van der Waals surface area contributed by atoms with E-state index in [4.69, 9.17) is 5.73 Å². The molecule has 0 bridgehead atoms. The molecule has 0 aliphatic heterocycles. The van der Waals surface area contributed by atoms with Gasteiger partial charge >= 0.3 is 0 Å². The number of hydrogen-bond donors (Lipinski definition) is 3. The molecule has 0 saturated heterocycles. The molecule has 0 spiro atoms. The zero-order valence-electron chi connectivity index (χ0n) is 24.1. The first-order valence-corrected chi connectivity index (χ1v) is 13.8. The van der Waals surface area contributed by atoms with Gasteiger partial charge in [0.05, 0.1) is 0 Å². The molecule has 0 atom stereocenters. The van der Waals surface area contributed by atoms with E-state index >= 15 is 0 Å². The fourth-order valence-corrected chi connectivity index (χ4v) is 5.25. The van der Waals surface area contributed by atoms with Crippen LogP contribution in [0.25, 0.3) is 0 Å². The lowest BCUT2D eigenvalue weighted by atomic mass is 9.74. The molecule has 4 N–H and O–H groups in total. The number of phenols is 1. The topological polar surface area (TPSA) is 75.3 Å². The van der Waals surface area contributed by atoms with Gasteiger partial charge in [-0.3, -0.25) is 4.79 Å². The molecule has 202 valence electrons. The average Bonchev–Trinajstić information content (AvgIpc) is 3.61. The van der Waals surface area contributed by atoms with Crippen molar-refractivity contribution in [3.8, 4) is 5.75 Å². The average molecular weight is 513 g/mol. The summed E-state index contributed by atoms with van der Waals surface area (Å²) in [5.41, 5.74) is 13.0. The van der Waals surface area contributed by atoms with E-state index in [9.17, 15) is 9.90 Å². The van der Waals surface area contributed by atoms with E-state index < -0.39 is 5.91 Å². The van der Waals surface area contributed by atoms with Crippen LogP contribution >= 0.6 is 0 Å². The highest BCUT2D eigenvalue weighted by Gasteiger charge is 2.28. The molecule has 4 rings (SSSR count). The quantitative estimate of drug-likeness (QED) is 0.279. The third-order valence-corrected chi connectivity index (χ3v) is 7.79. The van der Waals surface area contributed by atoms with Gasteiger partial charge in [0.1, 0.15) is 5.75 Å². The van der Waals surface area contributed by atoms with Crippen LogP contribution in [0.15, 0.2) is 60.7 Å². The van der Waals surface area contributed by atoms with Crippen LogP contribution in [0.4, 0.5) is 5.69 Å². The van der Waals surface area contributed by atoms with Crippen molar-refractivity contribution in [1.82, 2.24) is 0 Å². The fourth-order valence-electron chi connectivity index (χ4n) is 5.25. The summed E-state index contributed by atoms with van der Waals surface area (Å²) < 4.78 is 0. The number of amides is 1. The first-order chi connectivity index (χ1) is 17.6. The number of aromatic hydroxyl groups is 1. The summed E-state index contributed by atoms with van der Waals surface area (Å²) in [6, 6.07) is 21.1. The van der Waals surface area contributed by atoms with E-state index in [2.05, 4.69) is 78.0 Å². The predicted octanol–water partition coefficient (Wildman–Crippen LogP) is 7.40. The standard InChI is InChI=1S/C34H44N2O2/c1-32(2,3)26-14-23(16-29(18-26)36-28-11-12-28)21-34(6,7)27-15-22(13-24(17-27)31(35)38)20-33(4,5)25-9-8-10-30(37)19-25/h8-10,13-19,28,36-37H,11-12,20-21H2,1-7H3,(H2,35,38). The van der Waals surface area contributed by atoms with Crippen LogP contribution in [0.5, 0.6) is 5.75 Å². The van der Waals surface area contributed by atoms with Crippen LogP contribution in [0.2, 0.25) is 0 Å². The SMILES string of the molecule is CC(C)(C)c1cc(CC(C)(C)c2cc(CC(C)(C)c3cccc(O)c3)cc(C(N)=O)c2)cc(NC2CC2)c1. The van der Waals surface area contributed by atoms with Crippen LogP contribution in [0, 0.1) is 0 Å². The maximum Gasteiger partial charge on any atom is 0.248 e. The molecule has 3 aromatic rings. The van der Waals surface area contributed by atoms with Gasteiger partial charge in [0.2, 0.25) is 5.91 Å². The maximum atomic E-state index is 12.4. The molecular weight excluding hydrogens is 468 g/mol. The van der Waals surface area contributed by atoms with Crippen molar-refractivity contribution in [3.63, 3.8) is 0 Å². The molecule has 1 amide bonds. The number of nitrogens with one attached hydrogen (secondary N) is 1. The van der Waals surface area contributed by atoms with E-state index in [0.717, 1.165) is 29.5 Å². The Balaban J connectivity index is 1.68. The van der Waals surface area contributed by atoms with Crippen LogP contribution in [-0.4, -0.2) is 17.1 Å². The van der Waals surface area contributed by atoms with Crippen molar-refractivity contribution in [2.24, 2.45) is 5.73 Å². The Bertz CT molecular complexity index is 1330. The number of rotatable bonds is 9. The van der Waals surface area contributed by atoms with Gasteiger partial charge in [0, 0.05) is 17.3 Å². The molecule has 1 aliphatic carbocycles. The first kappa shape index (κ1) is 27.8. The van der Waals surface area contributed by atoms with Crippen molar-refractivity contribution in [3.05, 3.63) is 94.0 Å². The van der Waals surface area contributed by atoms with E-state index in [1.165, 1.54) is 29.7 Å². The third-order valence-electron chi connectivity index (χ3n) is 7.79. The zero-order valence-corrected chi connectivity index (χ0v) is 24.1. The second kappa shape index (κ2) is 10.1. The number of benzene rings is 3. The van der Waals surface area contributed by atoms with E-state index in [1.54, 1.807) is 6.07 Å². The van der Waals surface area contributed by atoms with Crippen molar-refractivity contribution in [2.75, 3.05) is 5.32 Å². The number of phenolic OH excluding ortho intramolecular Hbond substituents is 1. The summed E-state index contributed by atoms with van der Waals surface area (Å²) in [5, 5.41) is 13.7. The smallest absolute Gasteiger partial charge is 0.248 e. The summed E-state index contributed by atoms with van der Waals surface area (Å²) in [7, 11) is 0. The summed E-state index contributed by atoms with van der Waals surface area (Å²) in [6.07, 6.45) is 4.04. The van der Waals surface area contributed by atoms with Gasteiger partial charge in [-0.15, -0.1) is 0 Å². The molecule has 1 saturated carbocycles. The van der Waals surface area contributed by atoms with E-state index in [-0.39, 0.29) is 22.0 Å². The molecule has 4 nitrogen and oxygen atoms in total. The molecular formula is C34H44N2O2. The van der Waals surface area contributed by atoms with Crippen molar-refractivity contribution in [2.45, 2.75) is 96.4 Å². The highest BCUT2D eigenvalue weighted by molar-refractivity contribution is 5.93. The summed E-state index contributed by atoms with van der Waals surface area (Å²) >= 11 is 0. The van der Waals surface area contributed by atoms with Gasteiger partial charge in [-0.25, -0.2) is 0 Å². The Morgan fingerprint density at radius 1 is 0.816 bits per heavy atom. The second-order valence-electron chi connectivity index (χ2n) is 13.5. The lowest BCUT2D eigenvalue weighted by molar-refractivity contribution is 0.1000. The Kier molecular flexibility index (Phi) is 7.40. The molecule has 1 fully saturated rings. The lowest BCUT2D eigenvalue weighted by Crippen LogP contribution is -2.25. The number of anilines is 1. The number of primary amides is 1. The molecule has 38 heavy (non-hydrogen) atoms. The molecule has 0 radical (unpaired) electrons. The van der Waals surface area contributed by atoms with Crippen molar-refractivity contribution >= 4 is 11.6 Å². The van der Waals surface area contributed by atoms with Gasteiger partial charge in [-0.2, -0.15) is 0 Å². The van der Waals surface area contributed by atoms with Crippen LogP contribution in [0.3, 0.4) is 0 Å². The summed E-state index contributed by atoms with van der Waals surface area (Å²) in [5.74, 6) is -0.152. The Hall–Kier alpha value is -3.27. The molecule has 0 aromatic heterocycles. The maximum absolute atomic E-state index is 12.4. The number of carbonyl (C=O) groups excluding carboxylic acids is 1. The van der Waals surface area contributed by atoms with Gasteiger partial charge in [-0.1, -0.05) is 72.7 Å². The largest absolute Gasteiger partial charge is 0.508 e. The van der Waals surface area contributed by atoms with Gasteiger partial charge in [0.15, 0.2) is 0 Å². The highest BCUT2D eigenvalue weighted by Crippen LogP contribution is 2.36. The summed E-state index contributed by atoms with van der Waals surface area (Å²) in [4.78, 5) is 12.4. The Morgan fingerprint density at radius 3 is 2.00 bits per heavy atom. The zero-order chi connectivity index (χ0) is 27.9. The first-order valence-electron chi connectivity index (χ1n) is 13.8. The minimum Gasteiger partial charge on any atom is -0.508 e. The van der Waals surface area contributed by atoms with E-state index in [0.29, 0.717) is 11.6 Å². The molecule has 0 heterocycles. The second-order valence-corrected chi connectivity index (χ2v) is 13.5. The minimum absolute atomic E-state index is 0.0522. The molecule has 4 heteroatoms. The number of carbonyl (C=O) groups is 1. The fraction of sp³-hybridized carbons (Fsp3) is 0.441. The van der Waals surface area contributed by atoms with Crippen LogP contribution in [-0.2, 0) is 29.1 Å². The molecule has 0 unspecified atom stereocenters. The van der Waals surface area contributed by atoms with Crippen molar-refractivity contribution < 1.29 is 9.90 Å². The monoisotopic (exact) mass is 512 g/mol. The Labute approximate surface area is 228 Å². The molecule has 1 aliphatic rings. The molecule has 3 aromatic carbocycles. The van der Waals surface area contributed by atoms with Crippen LogP contribution < -0.4 is 11.1 Å². The summed E-state index contributed by atoms with van der Waals surface area (Å²) in [6.45, 7) is 15.6. The van der Waals surface area contributed by atoms with Crippen LogP contribution in [0.1, 0.15) is 99.5 Å². The van der Waals surface area contributed by atoms with Gasteiger partial charge < -0.3 is 16.2 Å². The third kappa shape index (κ3) is 6.78. The lowest BCUT2D eigenvalue weighted by Gasteiger charge is -2.30. The van der Waals surface area contributed by atoms with Gasteiger partial charge in [-0.05, 0) is 106 Å².